The number of carbonyl (C=O) groups is 6. The molecule has 0 spiro atoms. The van der Waals surface area contributed by atoms with Crippen LogP contribution < -0.4 is 37.7 Å². The van der Waals surface area contributed by atoms with Gasteiger partial charge in [-0.25, -0.2) is 9.59 Å². The van der Waals surface area contributed by atoms with E-state index < -0.39 is 56.0 Å². The molecule has 0 aromatic carbocycles. The van der Waals surface area contributed by atoms with Crippen LogP contribution in [0.5, 0.6) is 0 Å². The molecule has 0 aromatic rings. The third-order valence-corrected chi connectivity index (χ3v) is 1.17. The summed E-state index contributed by atoms with van der Waals surface area (Å²) in [5.41, 5.74) is 0. The molecule has 0 saturated heterocycles. The number of hydrogen-bond donors (Lipinski definition) is 5. The fraction of sp³-hybridized carbons (Fsp3) is 0.250. The number of esters is 4. The molecule has 24 heavy (non-hydrogen) atoms. The van der Waals surface area contributed by atoms with Crippen LogP contribution in [-0.2, 0) is 38.2 Å². The van der Waals surface area contributed by atoms with Gasteiger partial charge in [0.25, 0.3) is 0 Å². The molecule has 0 amide bonds. The first-order valence-electron chi connectivity index (χ1n) is 4.93. The first-order chi connectivity index (χ1) is 9.95. The second-order valence-electron chi connectivity index (χ2n) is 3.01. The van der Waals surface area contributed by atoms with Gasteiger partial charge in [0, 0.05) is 0 Å². The molecule has 0 heterocycles. The van der Waals surface area contributed by atoms with E-state index in [9.17, 15) is 28.8 Å². The SMILES string of the molecule is O=C(O)CC(=O)OC(=O)C(=O)OC(=O)CC(=O)O.OB(O)O.[H-].[H-].[Li+].[Li+]. The van der Waals surface area contributed by atoms with Gasteiger partial charge in [0.2, 0.25) is 0 Å². The molecule has 0 radical (unpaired) electrons. The Bertz CT molecular complexity index is 444. The summed E-state index contributed by atoms with van der Waals surface area (Å²) in [6.45, 7) is 0. The minimum atomic E-state index is -2.17. The van der Waals surface area contributed by atoms with E-state index >= 15 is 0 Å². The summed E-state index contributed by atoms with van der Waals surface area (Å²) in [6.07, 6.45) is -2.33. The van der Waals surface area contributed by atoms with Crippen molar-refractivity contribution in [1.82, 2.24) is 0 Å². The number of aliphatic carboxylic acids is 2. The molecule has 0 unspecified atom stereocenters. The zero-order chi connectivity index (χ0) is 17.9. The van der Waals surface area contributed by atoms with Gasteiger partial charge in [-0.1, -0.05) is 0 Å². The van der Waals surface area contributed by atoms with Crippen LogP contribution >= 0.6 is 0 Å². The van der Waals surface area contributed by atoms with E-state index in [-0.39, 0.29) is 40.6 Å². The zero-order valence-corrected chi connectivity index (χ0v) is 12.5. The van der Waals surface area contributed by atoms with Crippen molar-refractivity contribution in [3.63, 3.8) is 0 Å². The van der Waals surface area contributed by atoms with Crippen LogP contribution in [0.3, 0.4) is 0 Å². The summed E-state index contributed by atoms with van der Waals surface area (Å²) in [5, 5.41) is 37.8. The molecule has 13 nitrogen and oxygen atoms in total. The molecule has 0 saturated carbocycles. The topological polar surface area (TPSA) is 222 Å². The Morgan fingerprint density at radius 1 is 0.708 bits per heavy atom. The van der Waals surface area contributed by atoms with Gasteiger partial charge in [-0.15, -0.1) is 0 Å². The zero-order valence-electron chi connectivity index (χ0n) is 14.5. The largest absolute Gasteiger partial charge is 1.00 e. The minimum Gasteiger partial charge on any atom is -1.00 e. The average Bonchev–Trinajstić information content (AvgIpc) is 2.24. The van der Waals surface area contributed by atoms with Crippen molar-refractivity contribution in [2.75, 3.05) is 0 Å². The predicted octanol–water partition coefficient (Wildman–Crippen LogP) is -9.74. The molecule has 5 N–H and O–H groups in total. The molecule has 0 aliphatic rings. The maximum absolute atomic E-state index is 10.7. The molecule has 0 aliphatic heterocycles. The number of ether oxygens (including phenoxy) is 2. The first-order valence-corrected chi connectivity index (χ1v) is 4.93. The van der Waals surface area contributed by atoms with Gasteiger partial charge in [-0.3, -0.25) is 19.2 Å². The Balaban J connectivity index is -0.000000113. The van der Waals surface area contributed by atoms with Crippen molar-refractivity contribution in [3.8, 4) is 0 Å². The monoisotopic (exact) mass is 340 g/mol. The maximum atomic E-state index is 10.7. The van der Waals surface area contributed by atoms with E-state index in [0.29, 0.717) is 0 Å². The molecule has 0 aliphatic carbocycles. The summed E-state index contributed by atoms with van der Waals surface area (Å²) in [7, 11) is -2.17. The Labute approximate surface area is 160 Å². The van der Waals surface area contributed by atoms with Gasteiger partial charge in [-0.2, -0.15) is 0 Å². The quantitative estimate of drug-likeness (QED) is 0.139. The Morgan fingerprint density at radius 2 is 0.917 bits per heavy atom. The van der Waals surface area contributed by atoms with E-state index in [2.05, 4.69) is 9.47 Å². The molecule has 126 valence electrons. The van der Waals surface area contributed by atoms with Crippen LogP contribution in [0, 0.1) is 0 Å². The molecule has 0 rings (SSSR count). The van der Waals surface area contributed by atoms with Gasteiger partial charge in [0.15, 0.2) is 0 Å². The van der Waals surface area contributed by atoms with Crippen molar-refractivity contribution in [2.24, 2.45) is 0 Å². The van der Waals surface area contributed by atoms with Crippen LogP contribution in [0.25, 0.3) is 0 Å². The van der Waals surface area contributed by atoms with Crippen molar-refractivity contribution in [2.45, 2.75) is 12.8 Å². The minimum absolute atomic E-state index is 0. The van der Waals surface area contributed by atoms with Crippen molar-refractivity contribution < 1.29 is 104 Å². The van der Waals surface area contributed by atoms with E-state index in [1.807, 2.05) is 0 Å². The number of hydrogen-bond acceptors (Lipinski definition) is 11. The van der Waals surface area contributed by atoms with Gasteiger partial charge >= 0.3 is 80.9 Å². The summed E-state index contributed by atoms with van der Waals surface area (Å²) in [5.74, 6) is -10.1. The predicted molar refractivity (Wildman–Crippen MR) is 61.3 cm³/mol. The van der Waals surface area contributed by atoms with Crippen molar-refractivity contribution in [1.29, 1.82) is 0 Å². The molecule has 0 aromatic heterocycles. The normalized spacial score (nSPS) is 7.96. The van der Waals surface area contributed by atoms with Gasteiger partial charge < -0.3 is 37.6 Å². The smallest absolute Gasteiger partial charge is 1.00 e. The van der Waals surface area contributed by atoms with Gasteiger partial charge in [-0.05, 0) is 0 Å². The van der Waals surface area contributed by atoms with E-state index in [1.165, 1.54) is 0 Å². The summed E-state index contributed by atoms with van der Waals surface area (Å²) < 4.78 is 7.39. The number of carboxylic acids is 2. The summed E-state index contributed by atoms with van der Waals surface area (Å²) >= 11 is 0. The summed E-state index contributed by atoms with van der Waals surface area (Å²) in [4.78, 5) is 62.8. The van der Waals surface area contributed by atoms with Crippen LogP contribution in [0.2, 0.25) is 0 Å². The average molecular weight is 340 g/mol. The molecule has 0 atom stereocenters. The van der Waals surface area contributed by atoms with Crippen molar-refractivity contribution in [3.05, 3.63) is 0 Å². The third-order valence-electron chi connectivity index (χ3n) is 1.17. The number of carbonyl (C=O) groups excluding carboxylic acids is 4. The molecular weight excluding hydrogens is 329 g/mol. The van der Waals surface area contributed by atoms with Gasteiger partial charge in [0.05, 0.1) is 0 Å². The molecular formula is C8H11BLi2O13. The fourth-order valence-electron chi connectivity index (χ4n) is 0.609. The Hall–Kier alpha value is -1.64. The molecule has 16 heteroatoms. The second-order valence-corrected chi connectivity index (χ2v) is 3.01. The standard InChI is InChI=1S/C8H6O10.BH3O3.2Li.2H/c9-3(10)1-5(13)17-7(15)8(16)18-6(14)2-4(11)12;2-1(3)4;;;;/h1-2H2,(H,9,10)(H,11,12);2-4H;;;;/q;;2*+1;2*-1. The number of carboxylic acid groups (broad SMARTS) is 2. The molecule has 0 fully saturated rings. The maximum Gasteiger partial charge on any atom is 1.00 e. The van der Waals surface area contributed by atoms with Crippen LogP contribution in [-0.4, -0.2) is 68.4 Å². The number of rotatable bonds is 4. The fourth-order valence-corrected chi connectivity index (χ4v) is 0.609. The third kappa shape index (κ3) is 22.6. The van der Waals surface area contributed by atoms with Crippen LogP contribution in [0.4, 0.5) is 0 Å². The van der Waals surface area contributed by atoms with Crippen molar-refractivity contribution >= 4 is 43.1 Å². The first kappa shape index (κ1) is 30.3. The van der Waals surface area contributed by atoms with Gasteiger partial charge in [0.1, 0.15) is 12.8 Å². The molecule has 0 bridgehead atoms. The van der Waals surface area contributed by atoms with E-state index in [1.54, 1.807) is 0 Å². The van der Waals surface area contributed by atoms with E-state index in [0.717, 1.165) is 0 Å². The van der Waals surface area contributed by atoms with Crippen LogP contribution in [0.15, 0.2) is 0 Å². The summed E-state index contributed by atoms with van der Waals surface area (Å²) in [6, 6.07) is 0. The second kappa shape index (κ2) is 16.2. The Kier molecular flexibility index (Phi) is 20.5. The van der Waals surface area contributed by atoms with Crippen LogP contribution in [0.1, 0.15) is 15.7 Å². The Morgan fingerprint density at radius 3 is 1.08 bits per heavy atom. The van der Waals surface area contributed by atoms with E-state index in [4.69, 9.17) is 25.3 Å².